The zero-order valence-corrected chi connectivity index (χ0v) is 17.3. The Labute approximate surface area is 183 Å². The summed E-state index contributed by atoms with van der Waals surface area (Å²) in [7, 11) is 0. The number of benzene rings is 2. The molecule has 0 saturated carbocycles. The minimum Gasteiger partial charge on any atom is -0.357 e. The van der Waals surface area contributed by atoms with Gasteiger partial charge in [-0.2, -0.15) is 0 Å². The standard InChI is InChI=1S/C24H19N7O/c1-3-8-18(29-22-20-21(26-13-25-20)27-14-28-22)23-30-17-12-7-9-15(2)19(17)24(32)31(23)16-10-5-4-6-11-16/h1,4-7,9-14,18H,8H2,2H3,(H2,25,26,27,28,29). The number of hydrogen-bond acceptors (Lipinski definition) is 6. The first-order valence-corrected chi connectivity index (χ1v) is 10.1. The van der Waals surface area contributed by atoms with Gasteiger partial charge in [-0.05, 0) is 30.7 Å². The molecule has 3 aromatic heterocycles. The Morgan fingerprint density at radius 1 is 1.12 bits per heavy atom. The lowest BCUT2D eigenvalue weighted by molar-refractivity contribution is 0.695. The summed E-state index contributed by atoms with van der Waals surface area (Å²) < 4.78 is 1.62. The van der Waals surface area contributed by atoms with E-state index in [1.165, 1.54) is 6.33 Å². The summed E-state index contributed by atoms with van der Waals surface area (Å²) in [6.45, 7) is 1.91. The van der Waals surface area contributed by atoms with E-state index in [2.05, 4.69) is 31.2 Å². The van der Waals surface area contributed by atoms with Crippen LogP contribution in [0.25, 0.3) is 27.8 Å². The van der Waals surface area contributed by atoms with Crippen molar-refractivity contribution in [1.82, 2.24) is 29.5 Å². The maximum absolute atomic E-state index is 13.7. The molecule has 1 unspecified atom stereocenters. The molecular weight excluding hydrogens is 402 g/mol. The van der Waals surface area contributed by atoms with Crippen molar-refractivity contribution in [2.24, 2.45) is 0 Å². The van der Waals surface area contributed by atoms with Gasteiger partial charge in [-0.15, -0.1) is 12.3 Å². The first kappa shape index (κ1) is 19.5. The number of aryl methyl sites for hydroxylation is 1. The average molecular weight is 421 g/mol. The molecule has 2 N–H and O–H groups in total. The molecule has 0 saturated heterocycles. The Kier molecular flexibility index (Phi) is 4.84. The lowest BCUT2D eigenvalue weighted by atomic mass is 10.1. The van der Waals surface area contributed by atoms with E-state index in [9.17, 15) is 4.79 Å². The van der Waals surface area contributed by atoms with Gasteiger partial charge in [0, 0.05) is 6.42 Å². The third-order valence-corrected chi connectivity index (χ3v) is 5.31. The monoisotopic (exact) mass is 421 g/mol. The van der Waals surface area contributed by atoms with Crippen LogP contribution in [0.1, 0.15) is 23.9 Å². The second-order valence-electron chi connectivity index (χ2n) is 7.34. The third-order valence-electron chi connectivity index (χ3n) is 5.31. The van der Waals surface area contributed by atoms with Crippen LogP contribution in [-0.2, 0) is 0 Å². The molecule has 3 heterocycles. The summed E-state index contributed by atoms with van der Waals surface area (Å²) >= 11 is 0. The highest BCUT2D eigenvalue weighted by molar-refractivity contribution is 5.83. The van der Waals surface area contributed by atoms with Crippen molar-refractivity contribution in [3.8, 4) is 18.0 Å². The van der Waals surface area contributed by atoms with Crippen LogP contribution >= 0.6 is 0 Å². The number of aromatic amines is 1. The van der Waals surface area contributed by atoms with E-state index in [1.807, 2.05) is 55.5 Å². The average Bonchev–Trinajstić information content (AvgIpc) is 3.29. The number of anilines is 1. The molecule has 5 rings (SSSR count). The van der Waals surface area contributed by atoms with Crippen LogP contribution in [0.3, 0.4) is 0 Å². The van der Waals surface area contributed by atoms with Gasteiger partial charge in [0.2, 0.25) is 0 Å². The normalized spacial score (nSPS) is 12.0. The van der Waals surface area contributed by atoms with Gasteiger partial charge < -0.3 is 10.3 Å². The number of terminal acetylenes is 1. The summed E-state index contributed by atoms with van der Waals surface area (Å²) in [4.78, 5) is 34.3. The van der Waals surface area contributed by atoms with Gasteiger partial charge >= 0.3 is 0 Å². The largest absolute Gasteiger partial charge is 0.357 e. The van der Waals surface area contributed by atoms with Crippen molar-refractivity contribution in [3.63, 3.8) is 0 Å². The zero-order chi connectivity index (χ0) is 22.1. The fourth-order valence-electron chi connectivity index (χ4n) is 3.84. The van der Waals surface area contributed by atoms with Crippen LogP contribution in [0, 0.1) is 19.3 Å². The quantitative estimate of drug-likeness (QED) is 0.421. The third kappa shape index (κ3) is 3.26. The molecule has 8 nitrogen and oxygen atoms in total. The van der Waals surface area contributed by atoms with Gasteiger partial charge in [-0.1, -0.05) is 30.3 Å². The minimum absolute atomic E-state index is 0.146. The number of H-pyrrole nitrogens is 1. The fraction of sp³-hybridized carbons (Fsp3) is 0.125. The molecule has 0 aliphatic heterocycles. The Morgan fingerprint density at radius 3 is 2.78 bits per heavy atom. The van der Waals surface area contributed by atoms with Crippen molar-refractivity contribution >= 4 is 27.9 Å². The van der Waals surface area contributed by atoms with Gasteiger partial charge in [0.15, 0.2) is 11.5 Å². The molecule has 8 heteroatoms. The number of fused-ring (bicyclic) bond motifs is 2. The van der Waals surface area contributed by atoms with Crippen molar-refractivity contribution < 1.29 is 0 Å². The Bertz CT molecular complexity index is 1530. The molecule has 1 atom stereocenters. The highest BCUT2D eigenvalue weighted by Crippen LogP contribution is 2.26. The van der Waals surface area contributed by atoms with E-state index < -0.39 is 6.04 Å². The maximum Gasteiger partial charge on any atom is 0.266 e. The molecule has 5 aromatic rings. The smallest absolute Gasteiger partial charge is 0.266 e. The van der Waals surface area contributed by atoms with Gasteiger partial charge in [0.05, 0.1) is 29.0 Å². The highest BCUT2D eigenvalue weighted by Gasteiger charge is 2.23. The van der Waals surface area contributed by atoms with Crippen molar-refractivity contribution in [2.45, 2.75) is 19.4 Å². The second kappa shape index (κ2) is 7.96. The predicted octanol–water partition coefficient (Wildman–Crippen LogP) is 3.54. The Morgan fingerprint density at radius 2 is 1.97 bits per heavy atom. The van der Waals surface area contributed by atoms with Gasteiger partial charge in [-0.25, -0.2) is 19.9 Å². The SMILES string of the molecule is C#CCC(Nc1ncnc2nc[nH]c12)c1nc2cccc(C)c2c(=O)n1-c1ccccc1. The summed E-state index contributed by atoms with van der Waals surface area (Å²) in [5.41, 5.74) is 3.24. The molecule has 0 aliphatic rings. The number of para-hydroxylation sites is 1. The van der Waals surface area contributed by atoms with Gasteiger partial charge in [0.25, 0.3) is 5.56 Å². The van der Waals surface area contributed by atoms with Crippen molar-refractivity contribution in [3.05, 3.63) is 82.9 Å². The van der Waals surface area contributed by atoms with Crippen LogP contribution in [0.15, 0.2) is 66.0 Å². The molecule has 0 fully saturated rings. The van der Waals surface area contributed by atoms with Crippen molar-refractivity contribution in [2.75, 3.05) is 5.32 Å². The maximum atomic E-state index is 13.7. The second-order valence-corrected chi connectivity index (χ2v) is 7.34. The number of aromatic nitrogens is 6. The fourth-order valence-corrected chi connectivity index (χ4v) is 3.84. The highest BCUT2D eigenvalue weighted by atomic mass is 16.1. The molecule has 0 aliphatic carbocycles. The van der Waals surface area contributed by atoms with E-state index >= 15 is 0 Å². The summed E-state index contributed by atoms with van der Waals surface area (Å²) in [5, 5.41) is 3.94. The minimum atomic E-state index is -0.487. The molecule has 156 valence electrons. The predicted molar refractivity (Wildman–Crippen MR) is 124 cm³/mol. The van der Waals surface area contributed by atoms with E-state index in [0.29, 0.717) is 39.4 Å². The van der Waals surface area contributed by atoms with E-state index in [-0.39, 0.29) is 12.0 Å². The Balaban J connectivity index is 1.76. The van der Waals surface area contributed by atoms with Crippen molar-refractivity contribution in [1.29, 1.82) is 0 Å². The first-order valence-electron chi connectivity index (χ1n) is 10.1. The first-order chi connectivity index (χ1) is 15.7. The van der Waals surface area contributed by atoms with E-state index in [4.69, 9.17) is 11.4 Å². The van der Waals surface area contributed by atoms with Crippen LogP contribution in [-0.4, -0.2) is 29.5 Å². The zero-order valence-electron chi connectivity index (χ0n) is 17.3. The Hall–Kier alpha value is -4.51. The van der Waals surface area contributed by atoms with Crippen LogP contribution in [0.2, 0.25) is 0 Å². The molecule has 0 spiro atoms. The van der Waals surface area contributed by atoms with E-state index in [1.54, 1.807) is 10.9 Å². The molecule has 0 radical (unpaired) electrons. The lowest BCUT2D eigenvalue weighted by Gasteiger charge is -2.22. The summed E-state index contributed by atoms with van der Waals surface area (Å²) in [5.74, 6) is 3.74. The van der Waals surface area contributed by atoms with Crippen LogP contribution in [0.4, 0.5) is 5.82 Å². The number of imidazole rings is 1. The van der Waals surface area contributed by atoms with Crippen LogP contribution in [0.5, 0.6) is 0 Å². The number of rotatable bonds is 5. The van der Waals surface area contributed by atoms with E-state index in [0.717, 1.165) is 5.56 Å². The molecule has 2 aromatic carbocycles. The number of hydrogen-bond donors (Lipinski definition) is 2. The molecule has 0 amide bonds. The van der Waals surface area contributed by atoms with Crippen LogP contribution < -0.4 is 10.9 Å². The molecule has 0 bridgehead atoms. The molecular formula is C24H19N7O. The van der Waals surface area contributed by atoms with Gasteiger partial charge in [-0.3, -0.25) is 9.36 Å². The molecule has 32 heavy (non-hydrogen) atoms. The number of nitrogens with zero attached hydrogens (tertiary/aromatic N) is 5. The number of nitrogens with one attached hydrogen (secondary N) is 2. The van der Waals surface area contributed by atoms with Gasteiger partial charge in [0.1, 0.15) is 17.7 Å². The lowest BCUT2D eigenvalue weighted by Crippen LogP contribution is -2.28. The topological polar surface area (TPSA) is 101 Å². The summed E-state index contributed by atoms with van der Waals surface area (Å²) in [6.07, 6.45) is 8.99. The summed E-state index contributed by atoms with van der Waals surface area (Å²) in [6, 6.07) is 14.6.